The van der Waals surface area contributed by atoms with Gasteiger partial charge in [0.15, 0.2) is 31.3 Å². The second-order valence-electron chi connectivity index (χ2n) is 23.2. The van der Waals surface area contributed by atoms with Crippen molar-refractivity contribution in [2.75, 3.05) is 77.0 Å². The molecule has 3 fully saturated rings. The van der Waals surface area contributed by atoms with E-state index in [0.29, 0.717) is 91.1 Å². The smallest absolute Gasteiger partial charge is 0.256 e. The van der Waals surface area contributed by atoms with Crippen LogP contribution in [0, 0.1) is 5.41 Å². The van der Waals surface area contributed by atoms with Gasteiger partial charge in [-0.3, -0.25) is 29.0 Å². The lowest BCUT2D eigenvalue weighted by atomic mass is 10.0. The summed E-state index contributed by atoms with van der Waals surface area (Å²) in [5.74, 6) is 0.690. The van der Waals surface area contributed by atoms with Gasteiger partial charge in [0, 0.05) is 67.4 Å². The number of fused-ring (bicyclic) bond motifs is 4. The van der Waals surface area contributed by atoms with Gasteiger partial charge in [-0.05, 0) is 67.0 Å². The van der Waals surface area contributed by atoms with Crippen LogP contribution in [-0.4, -0.2) is 143 Å². The molecular formula is C49H76N4O11Si3. The Labute approximate surface area is 401 Å². The Morgan fingerprint density at radius 2 is 1.12 bits per heavy atom. The highest BCUT2D eigenvalue weighted by molar-refractivity contribution is 6.76. The number of amides is 4. The maximum absolute atomic E-state index is 14.6. The summed E-state index contributed by atoms with van der Waals surface area (Å²) in [4.78, 5) is 64.2. The maximum Gasteiger partial charge on any atom is 0.256 e. The van der Waals surface area contributed by atoms with Crippen molar-refractivity contribution in [3.63, 3.8) is 0 Å². The van der Waals surface area contributed by atoms with Crippen LogP contribution in [0.4, 0.5) is 11.4 Å². The number of benzene rings is 2. The third-order valence-corrected chi connectivity index (χ3v) is 22.4. The molecule has 1 aliphatic carbocycles. The molecule has 5 aliphatic rings. The van der Waals surface area contributed by atoms with Crippen LogP contribution in [0.15, 0.2) is 24.3 Å². The molecule has 0 aromatic heterocycles. The third-order valence-electron chi connectivity index (χ3n) is 14.5. The van der Waals surface area contributed by atoms with Gasteiger partial charge < -0.3 is 42.6 Å². The zero-order valence-corrected chi connectivity index (χ0v) is 45.4. The minimum atomic E-state index is -2.19. The molecular weight excluding hydrogens is 905 g/mol. The van der Waals surface area contributed by atoms with E-state index in [1.165, 1.54) is 14.2 Å². The summed E-state index contributed by atoms with van der Waals surface area (Å²) < 4.78 is 43.4. The summed E-state index contributed by atoms with van der Waals surface area (Å²) in [5.41, 5.74) is 1.61. The average Bonchev–Trinajstić information content (AvgIpc) is 3.74. The second kappa shape index (κ2) is 19.4. The highest BCUT2D eigenvalue weighted by atomic mass is 28.4. The van der Waals surface area contributed by atoms with Crippen LogP contribution in [0.3, 0.4) is 0 Å². The van der Waals surface area contributed by atoms with Gasteiger partial charge in [0.05, 0.1) is 56.0 Å². The predicted molar refractivity (Wildman–Crippen MR) is 267 cm³/mol. The summed E-state index contributed by atoms with van der Waals surface area (Å²) in [6.45, 7) is 27.0. The van der Waals surface area contributed by atoms with Crippen molar-refractivity contribution in [1.82, 2.24) is 9.80 Å². The molecule has 2 saturated heterocycles. The molecule has 0 N–H and O–H groups in total. The molecule has 4 amide bonds. The van der Waals surface area contributed by atoms with E-state index in [9.17, 15) is 19.2 Å². The summed E-state index contributed by atoms with van der Waals surface area (Å²) in [7, 11) is -1.94. The lowest BCUT2D eigenvalue weighted by molar-refractivity contribution is -0.124. The normalized spacial score (nSPS) is 21.5. The van der Waals surface area contributed by atoms with E-state index < -0.39 is 36.5 Å². The third kappa shape index (κ3) is 11.2. The van der Waals surface area contributed by atoms with Crippen molar-refractivity contribution in [3.05, 3.63) is 35.4 Å². The number of rotatable bonds is 20. The average molecular weight is 981 g/mol. The van der Waals surface area contributed by atoms with E-state index in [1.54, 1.807) is 43.9 Å². The van der Waals surface area contributed by atoms with Crippen molar-refractivity contribution < 1.29 is 52.0 Å². The van der Waals surface area contributed by atoms with Crippen molar-refractivity contribution in [1.29, 1.82) is 0 Å². The molecule has 4 aliphatic heterocycles. The molecule has 1 saturated carbocycles. The minimum absolute atomic E-state index is 0.0113. The van der Waals surface area contributed by atoms with Crippen molar-refractivity contribution >= 4 is 59.5 Å². The van der Waals surface area contributed by atoms with Crippen molar-refractivity contribution in [2.24, 2.45) is 5.41 Å². The molecule has 7 rings (SSSR count). The Morgan fingerprint density at radius 3 is 1.57 bits per heavy atom. The quantitative estimate of drug-likeness (QED) is 0.0931. The Bertz CT molecular complexity index is 2200. The van der Waals surface area contributed by atoms with Crippen LogP contribution >= 0.6 is 0 Å². The highest BCUT2D eigenvalue weighted by Crippen LogP contribution is 2.56. The molecule has 0 radical (unpaired) electrons. The summed E-state index contributed by atoms with van der Waals surface area (Å²) in [5, 5.41) is -0.0297. The zero-order valence-electron chi connectivity index (χ0n) is 42.4. The first-order valence-corrected chi connectivity index (χ1v) is 34.5. The number of carbonyl (C=O) groups is 4. The van der Waals surface area contributed by atoms with Crippen LogP contribution in [-0.2, 0) is 23.5 Å². The van der Waals surface area contributed by atoms with Crippen LogP contribution in [0.2, 0.25) is 69.5 Å². The Balaban J connectivity index is 1.08. The van der Waals surface area contributed by atoms with Crippen LogP contribution in [0.1, 0.15) is 73.6 Å². The lowest BCUT2D eigenvalue weighted by Crippen LogP contribution is -2.45. The van der Waals surface area contributed by atoms with E-state index in [4.69, 9.17) is 32.8 Å². The molecule has 15 nitrogen and oxygen atoms in total. The molecule has 370 valence electrons. The fourth-order valence-electron chi connectivity index (χ4n) is 9.06. The second-order valence-corrected chi connectivity index (χ2v) is 39.2. The van der Waals surface area contributed by atoms with Gasteiger partial charge in [0.1, 0.15) is 25.5 Å². The number of anilines is 2. The van der Waals surface area contributed by atoms with E-state index >= 15 is 0 Å². The summed E-state index contributed by atoms with van der Waals surface area (Å²) >= 11 is 0. The monoisotopic (exact) mass is 980 g/mol. The maximum atomic E-state index is 14.6. The van der Waals surface area contributed by atoms with E-state index in [1.807, 2.05) is 0 Å². The lowest BCUT2D eigenvalue weighted by Gasteiger charge is -2.38. The molecule has 3 atom stereocenters. The first kappa shape index (κ1) is 50.9. The molecule has 4 heterocycles. The van der Waals surface area contributed by atoms with E-state index in [0.717, 1.165) is 24.9 Å². The first-order chi connectivity index (χ1) is 31.4. The topological polar surface area (TPSA) is 146 Å². The number of ether oxygens (including phenoxy) is 6. The molecule has 2 aromatic carbocycles. The summed E-state index contributed by atoms with van der Waals surface area (Å²) in [6, 6.07) is 7.41. The number of nitrogens with zero attached hydrogens (tertiary/aromatic N) is 4. The number of carbonyl (C=O) groups excluding carboxylic acids is 4. The molecule has 2 aromatic rings. The highest BCUT2D eigenvalue weighted by Gasteiger charge is 2.57. The van der Waals surface area contributed by atoms with Gasteiger partial charge in [0.2, 0.25) is 0 Å². The molecule has 67 heavy (non-hydrogen) atoms. The van der Waals surface area contributed by atoms with Crippen LogP contribution < -0.4 is 28.7 Å². The SMILES string of the molecule is COc1cc2c(cc1OCCCOc1cc3c(cc1OC)C(=O)N1CC4(CC4)C[C@H]1C(=O)N3COCC[Si](C)(C)C)N(COCC[Si](C)(C)C)C(=O)[C@@H]1C[C@@H](O[Si](C)(C)C(C)(C)C)CN1C2=O. The predicted octanol–water partition coefficient (Wildman–Crippen LogP) is 8.47. The fourth-order valence-corrected chi connectivity index (χ4v) is 11.9. The van der Waals surface area contributed by atoms with Crippen molar-refractivity contribution in [2.45, 2.75) is 141 Å². The van der Waals surface area contributed by atoms with E-state index in [-0.39, 0.29) is 66.9 Å². The molecule has 1 spiro atoms. The van der Waals surface area contributed by atoms with Crippen molar-refractivity contribution in [3.8, 4) is 23.0 Å². The van der Waals surface area contributed by atoms with Gasteiger partial charge in [-0.25, -0.2) is 0 Å². The van der Waals surface area contributed by atoms with Crippen LogP contribution in [0.25, 0.3) is 0 Å². The first-order valence-electron chi connectivity index (χ1n) is 24.1. The Kier molecular flexibility index (Phi) is 14.8. The van der Waals surface area contributed by atoms with E-state index in [2.05, 4.69) is 73.1 Å². The fraction of sp³-hybridized carbons (Fsp3) is 0.673. The number of hydrogen-bond acceptors (Lipinski definition) is 11. The van der Waals surface area contributed by atoms with Gasteiger partial charge in [0.25, 0.3) is 23.6 Å². The van der Waals surface area contributed by atoms with Gasteiger partial charge in [-0.15, -0.1) is 0 Å². The number of methoxy groups -OCH3 is 2. The van der Waals surface area contributed by atoms with Crippen LogP contribution in [0.5, 0.6) is 23.0 Å². The Morgan fingerprint density at radius 1 is 0.642 bits per heavy atom. The minimum Gasteiger partial charge on any atom is -0.493 e. The largest absolute Gasteiger partial charge is 0.493 e. The van der Waals surface area contributed by atoms with Gasteiger partial charge in [-0.1, -0.05) is 60.1 Å². The zero-order chi connectivity index (χ0) is 48.9. The standard InChI is InChI=1S/C49H76N4O11Si3/c1-48(2,3)67(12,13)64-33-23-38-46(56)52(31-60-19-21-65(6,7)8)36-26-42(40(58-4)24-34(36)44(54)50(38)29-33)62-17-14-18-63-43-27-37-35(25-41(43)59-5)45(55)51-30-49(15-16-49)28-39(51)47(57)53(37)32-61-20-22-66(9,10)11/h24-27,33,38-39H,14-23,28-32H2,1-13H3/t33-,38+,39+/m1/s1. The Hall–Kier alpha value is -3.95. The summed E-state index contributed by atoms with van der Waals surface area (Å²) in [6.07, 6.45) is 3.28. The van der Waals surface area contributed by atoms with Gasteiger partial charge >= 0.3 is 0 Å². The molecule has 0 unspecified atom stereocenters. The molecule has 18 heteroatoms. The number of hydrogen-bond donors (Lipinski definition) is 0. The molecule has 0 bridgehead atoms. The van der Waals surface area contributed by atoms with Gasteiger partial charge in [-0.2, -0.15) is 0 Å².